The molecule has 7 heteroatoms. The van der Waals surface area contributed by atoms with Crippen LogP contribution in [-0.2, 0) is 11.2 Å². The molecule has 3 amide bonds. The number of benzene rings is 1. The molecule has 7 nitrogen and oxygen atoms in total. The number of amides is 3. The lowest BCUT2D eigenvalue weighted by atomic mass is 10.1. The lowest BCUT2D eigenvalue weighted by Crippen LogP contribution is -2.50. The van der Waals surface area contributed by atoms with Crippen LogP contribution in [0.25, 0.3) is 0 Å². The van der Waals surface area contributed by atoms with Crippen molar-refractivity contribution in [1.82, 2.24) is 20.4 Å². The van der Waals surface area contributed by atoms with Crippen LogP contribution in [0.2, 0.25) is 0 Å². The van der Waals surface area contributed by atoms with Gasteiger partial charge in [0, 0.05) is 19.6 Å². The SMILES string of the molecule is CC(C)CCN(CC(=O)NCCN(C)C)C(=O)N[C@H](CO)Cc1ccccc1. The molecule has 1 aromatic rings. The van der Waals surface area contributed by atoms with Crippen LogP contribution in [-0.4, -0.2) is 79.8 Å². The average molecular weight is 393 g/mol. The third-order valence-corrected chi connectivity index (χ3v) is 4.35. The molecule has 0 bridgehead atoms. The van der Waals surface area contributed by atoms with E-state index in [2.05, 4.69) is 24.5 Å². The normalized spacial score (nSPS) is 12.1. The summed E-state index contributed by atoms with van der Waals surface area (Å²) < 4.78 is 0. The Morgan fingerprint density at radius 3 is 2.36 bits per heavy atom. The molecule has 0 aliphatic rings. The van der Waals surface area contributed by atoms with Gasteiger partial charge in [-0.1, -0.05) is 44.2 Å². The van der Waals surface area contributed by atoms with Gasteiger partial charge in [-0.25, -0.2) is 4.79 Å². The highest BCUT2D eigenvalue weighted by Gasteiger charge is 2.20. The molecule has 1 atom stereocenters. The number of rotatable bonds is 12. The maximum absolute atomic E-state index is 12.7. The van der Waals surface area contributed by atoms with Gasteiger partial charge in [-0.2, -0.15) is 0 Å². The summed E-state index contributed by atoms with van der Waals surface area (Å²) in [4.78, 5) is 28.5. The standard InChI is InChI=1S/C21H36N4O3/c1-17(2)10-12-25(15-20(27)22-11-13-24(3)4)21(28)23-19(16-26)14-18-8-6-5-7-9-18/h5-9,17,19,26H,10-16H2,1-4H3,(H,22,27)(H,23,28)/t19-/m0/s1. The summed E-state index contributed by atoms with van der Waals surface area (Å²) in [6.45, 7) is 5.79. The third kappa shape index (κ3) is 10.3. The maximum Gasteiger partial charge on any atom is 0.318 e. The third-order valence-electron chi connectivity index (χ3n) is 4.35. The van der Waals surface area contributed by atoms with Gasteiger partial charge in [0.05, 0.1) is 12.6 Å². The smallest absolute Gasteiger partial charge is 0.318 e. The van der Waals surface area contributed by atoms with Crippen molar-refractivity contribution in [3.63, 3.8) is 0 Å². The molecule has 0 radical (unpaired) electrons. The molecule has 0 heterocycles. The minimum atomic E-state index is -0.395. The summed E-state index contributed by atoms with van der Waals surface area (Å²) in [6.07, 6.45) is 1.34. The summed E-state index contributed by atoms with van der Waals surface area (Å²) in [6, 6.07) is 9.00. The van der Waals surface area contributed by atoms with Gasteiger partial charge in [-0.15, -0.1) is 0 Å². The number of hydrogen-bond acceptors (Lipinski definition) is 4. The number of nitrogens with one attached hydrogen (secondary N) is 2. The van der Waals surface area contributed by atoms with Crippen LogP contribution < -0.4 is 10.6 Å². The fraction of sp³-hybridized carbons (Fsp3) is 0.619. The molecule has 0 fully saturated rings. The summed E-state index contributed by atoms with van der Waals surface area (Å²) in [5.74, 6) is 0.245. The van der Waals surface area contributed by atoms with Gasteiger partial charge in [0.15, 0.2) is 0 Å². The van der Waals surface area contributed by atoms with E-state index in [4.69, 9.17) is 0 Å². The van der Waals surface area contributed by atoms with E-state index in [1.54, 1.807) is 0 Å². The zero-order valence-electron chi connectivity index (χ0n) is 17.6. The van der Waals surface area contributed by atoms with Crippen molar-refractivity contribution in [2.75, 3.05) is 46.9 Å². The van der Waals surface area contributed by atoms with Crippen molar-refractivity contribution in [3.8, 4) is 0 Å². The second-order valence-electron chi connectivity index (χ2n) is 7.78. The number of likely N-dealkylation sites (N-methyl/N-ethyl adjacent to an activating group) is 1. The molecule has 0 unspecified atom stereocenters. The number of carbonyl (C=O) groups excluding carboxylic acids is 2. The van der Waals surface area contributed by atoms with Crippen molar-refractivity contribution in [1.29, 1.82) is 0 Å². The van der Waals surface area contributed by atoms with Crippen LogP contribution in [0.15, 0.2) is 30.3 Å². The number of nitrogens with zero attached hydrogens (tertiary/aromatic N) is 2. The van der Waals surface area contributed by atoms with Gasteiger partial charge < -0.3 is 25.5 Å². The van der Waals surface area contributed by atoms with Crippen LogP contribution in [0.1, 0.15) is 25.8 Å². The Morgan fingerprint density at radius 1 is 1.11 bits per heavy atom. The summed E-state index contributed by atoms with van der Waals surface area (Å²) in [5.41, 5.74) is 1.04. The van der Waals surface area contributed by atoms with Gasteiger partial charge in [0.1, 0.15) is 6.54 Å². The van der Waals surface area contributed by atoms with Crippen molar-refractivity contribution in [3.05, 3.63) is 35.9 Å². The first kappa shape index (κ1) is 23.9. The first-order valence-corrected chi connectivity index (χ1v) is 9.93. The second-order valence-corrected chi connectivity index (χ2v) is 7.78. The van der Waals surface area contributed by atoms with E-state index in [1.165, 1.54) is 4.90 Å². The highest BCUT2D eigenvalue weighted by Crippen LogP contribution is 2.06. The Morgan fingerprint density at radius 2 is 1.79 bits per heavy atom. The Bertz CT molecular complexity index is 578. The van der Waals surface area contributed by atoms with Gasteiger partial charge in [0.2, 0.25) is 5.91 Å². The number of hydrogen-bond donors (Lipinski definition) is 3. The lowest BCUT2D eigenvalue weighted by Gasteiger charge is -2.26. The van der Waals surface area contributed by atoms with E-state index in [9.17, 15) is 14.7 Å². The number of carbonyl (C=O) groups is 2. The molecule has 0 aliphatic heterocycles. The second kappa shape index (κ2) is 13.1. The minimum absolute atomic E-state index is 0.00939. The Balaban J connectivity index is 2.64. The van der Waals surface area contributed by atoms with E-state index in [0.29, 0.717) is 25.4 Å². The fourth-order valence-electron chi connectivity index (χ4n) is 2.64. The Kier molecular flexibility index (Phi) is 11.2. The molecule has 28 heavy (non-hydrogen) atoms. The molecule has 1 rings (SSSR count). The predicted molar refractivity (Wildman–Crippen MR) is 112 cm³/mol. The summed E-state index contributed by atoms with van der Waals surface area (Å²) in [5, 5.41) is 15.4. The van der Waals surface area contributed by atoms with Gasteiger partial charge in [0.25, 0.3) is 0 Å². The molecule has 0 spiro atoms. The quantitative estimate of drug-likeness (QED) is 0.501. The van der Waals surface area contributed by atoms with Crippen LogP contribution in [0.4, 0.5) is 4.79 Å². The van der Waals surface area contributed by atoms with Crippen molar-refractivity contribution >= 4 is 11.9 Å². The molecule has 0 aromatic heterocycles. The molecule has 158 valence electrons. The largest absolute Gasteiger partial charge is 0.394 e. The molecule has 1 aromatic carbocycles. The van der Waals surface area contributed by atoms with Crippen molar-refractivity contribution in [2.24, 2.45) is 5.92 Å². The zero-order chi connectivity index (χ0) is 20.9. The number of urea groups is 1. The topological polar surface area (TPSA) is 84.9 Å². The number of aliphatic hydroxyl groups is 1. The van der Waals surface area contributed by atoms with Crippen LogP contribution in [0.5, 0.6) is 0 Å². The fourth-order valence-corrected chi connectivity index (χ4v) is 2.64. The van der Waals surface area contributed by atoms with Crippen LogP contribution in [0, 0.1) is 5.92 Å². The summed E-state index contributed by atoms with van der Waals surface area (Å²) in [7, 11) is 3.88. The van der Waals surface area contributed by atoms with Gasteiger partial charge >= 0.3 is 6.03 Å². The number of aliphatic hydroxyl groups excluding tert-OH is 1. The van der Waals surface area contributed by atoms with Gasteiger partial charge in [-0.3, -0.25) is 4.79 Å². The van der Waals surface area contributed by atoms with E-state index < -0.39 is 6.04 Å². The molecule has 0 saturated carbocycles. The minimum Gasteiger partial charge on any atom is -0.394 e. The Hall–Kier alpha value is -2.12. The molecular weight excluding hydrogens is 356 g/mol. The van der Waals surface area contributed by atoms with E-state index in [1.807, 2.05) is 49.3 Å². The first-order valence-electron chi connectivity index (χ1n) is 9.93. The lowest BCUT2D eigenvalue weighted by molar-refractivity contribution is -0.121. The predicted octanol–water partition coefficient (Wildman–Crippen LogP) is 1.33. The van der Waals surface area contributed by atoms with Gasteiger partial charge in [-0.05, 0) is 38.4 Å². The monoisotopic (exact) mass is 392 g/mol. The van der Waals surface area contributed by atoms with E-state index >= 15 is 0 Å². The Labute approximate surface area is 169 Å². The van der Waals surface area contributed by atoms with E-state index in [-0.39, 0.29) is 25.1 Å². The van der Waals surface area contributed by atoms with Crippen molar-refractivity contribution < 1.29 is 14.7 Å². The maximum atomic E-state index is 12.7. The molecular formula is C21H36N4O3. The average Bonchev–Trinajstić information content (AvgIpc) is 2.64. The molecule has 3 N–H and O–H groups in total. The highest BCUT2D eigenvalue weighted by atomic mass is 16.3. The highest BCUT2D eigenvalue weighted by molar-refractivity contribution is 5.84. The molecule has 0 saturated heterocycles. The van der Waals surface area contributed by atoms with Crippen LogP contribution >= 0.6 is 0 Å². The first-order chi connectivity index (χ1) is 13.3. The van der Waals surface area contributed by atoms with Crippen LogP contribution in [0.3, 0.4) is 0 Å². The zero-order valence-corrected chi connectivity index (χ0v) is 17.6. The molecule has 0 aliphatic carbocycles. The van der Waals surface area contributed by atoms with Crippen molar-refractivity contribution in [2.45, 2.75) is 32.7 Å². The van der Waals surface area contributed by atoms with E-state index in [0.717, 1.165) is 18.5 Å². The summed E-state index contributed by atoms with van der Waals surface area (Å²) >= 11 is 0.